The van der Waals surface area contributed by atoms with E-state index in [1.54, 1.807) is 25.3 Å². The number of hydrogen-bond acceptors (Lipinski definition) is 3. The molecular formula is C11H14O3. The van der Waals surface area contributed by atoms with Crippen LogP contribution >= 0.6 is 0 Å². The molecule has 0 bridgehead atoms. The minimum absolute atomic E-state index is 0.0121. The van der Waals surface area contributed by atoms with Crippen LogP contribution in [0.3, 0.4) is 0 Å². The van der Waals surface area contributed by atoms with Crippen molar-refractivity contribution in [2.24, 2.45) is 0 Å². The van der Waals surface area contributed by atoms with Crippen LogP contribution in [0.4, 0.5) is 0 Å². The van der Waals surface area contributed by atoms with Crippen molar-refractivity contribution in [3.63, 3.8) is 0 Å². The Morgan fingerprint density at radius 2 is 2.29 bits per heavy atom. The SMILES string of the molecule is COCC(C)Oc1cccc(C=O)c1. The Hall–Kier alpha value is -1.35. The molecule has 0 N–H and O–H groups in total. The molecule has 0 amide bonds. The van der Waals surface area contributed by atoms with E-state index in [-0.39, 0.29) is 6.10 Å². The van der Waals surface area contributed by atoms with Gasteiger partial charge >= 0.3 is 0 Å². The maximum Gasteiger partial charge on any atom is 0.150 e. The van der Waals surface area contributed by atoms with Gasteiger partial charge in [0.25, 0.3) is 0 Å². The third-order valence-corrected chi connectivity index (χ3v) is 1.73. The molecule has 0 radical (unpaired) electrons. The number of carbonyl (C=O) groups excluding carboxylic acids is 1. The van der Waals surface area contributed by atoms with Crippen molar-refractivity contribution in [3.8, 4) is 5.75 Å². The van der Waals surface area contributed by atoms with E-state index in [0.717, 1.165) is 6.29 Å². The lowest BCUT2D eigenvalue weighted by molar-refractivity contribution is 0.0919. The molecule has 1 rings (SSSR count). The largest absolute Gasteiger partial charge is 0.488 e. The summed E-state index contributed by atoms with van der Waals surface area (Å²) in [6, 6.07) is 7.05. The van der Waals surface area contributed by atoms with E-state index in [1.165, 1.54) is 0 Å². The van der Waals surface area contributed by atoms with Crippen molar-refractivity contribution < 1.29 is 14.3 Å². The Morgan fingerprint density at radius 3 is 2.93 bits per heavy atom. The molecule has 3 heteroatoms. The Kier molecular flexibility index (Phi) is 4.13. The summed E-state index contributed by atoms with van der Waals surface area (Å²) in [5.74, 6) is 0.694. The lowest BCUT2D eigenvalue weighted by Gasteiger charge is -2.13. The molecule has 0 aliphatic rings. The number of hydrogen-bond donors (Lipinski definition) is 0. The van der Waals surface area contributed by atoms with E-state index in [1.807, 2.05) is 13.0 Å². The van der Waals surface area contributed by atoms with Gasteiger partial charge in [-0.3, -0.25) is 4.79 Å². The standard InChI is InChI=1S/C11H14O3/c1-9(8-13-2)14-11-5-3-4-10(6-11)7-12/h3-7,9H,8H2,1-2H3. The van der Waals surface area contributed by atoms with Crippen molar-refractivity contribution in [3.05, 3.63) is 29.8 Å². The highest BCUT2D eigenvalue weighted by Crippen LogP contribution is 2.13. The average molecular weight is 194 g/mol. The summed E-state index contributed by atoms with van der Waals surface area (Å²) in [5.41, 5.74) is 0.618. The van der Waals surface area contributed by atoms with E-state index in [9.17, 15) is 4.79 Å². The minimum Gasteiger partial charge on any atom is -0.488 e. The number of benzene rings is 1. The smallest absolute Gasteiger partial charge is 0.150 e. The second kappa shape index (κ2) is 5.40. The molecule has 14 heavy (non-hydrogen) atoms. The highest BCUT2D eigenvalue weighted by molar-refractivity contribution is 5.75. The molecule has 1 unspecified atom stereocenters. The zero-order valence-corrected chi connectivity index (χ0v) is 8.40. The van der Waals surface area contributed by atoms with Gasteiger partial charge in [0.2, 0.25) is 0 Å². The van der Waals surface area contributed by atoms with Gasteiger partial charge in [-0.1, -0.05) is 12.1 Å². The summed E-state index contributed by atoms with van der Waals surface area (Å²) in [6.45, 7) is 2.45. The van der Waals surface area contributed by atoms with Crippen LogP contribution in [-0.4, -0.2) is 26.1 Å². The second-order valence-electron chi connectivity index (χ2n) is 3.07. The average Bonchev–Trinajstić information content (AvgIpc) is 2.18. The van der Waals surface area contributed by atoms with Crippen LogP contribution in [0.2, 0.25) is 0 Å². The fourth-order valence-corrected chi connectivity index (χ4v) is 1.16. The summed E-state index contributed by atoms with van der Waals surface area (Å²) >= 11 is 0. The fourth-order valence-electron chi connectivity index (χ4n) is 1.16. The maximum atomic E-state index is 10.5. The molecule has 0 saturated carbocycles. The van der Waals surface area contributed by atoms with Gasteiger partial charge in [-0.05, 0) is 19.1 Å². The zero-order chi connectivity index (χ0) is 10.4. The number of ether oxygens (including phenoxy) is 2. The predicted molar refractivity (Wildman–Crippen MR) is 53.8 cm³/mol. The number of carbonyl (C=O) groups is 1. The first-order valence-electron chi connectivity index (χ1n) is 4.47. The quantitative estimate of drug-likeness (QED) is 0.672. The third-order valence-electron chi connectivity index (χ3n) is 1.73. The van der Waals surface area contributed by atoms with Crippen LogP contribution < -0.4 is 4.74 Å². The molecule has 0 aliphatic heterocycles. The maximum absolute atomic E-state index is 10.5. The van der Waals surface area contributed by atoms with E-state index in [2.05, 4.69) is 0 Å². The molecule has 0 fully saturated rings. The molecule has 0 spiro atoms. The molecule has 0 aromatic heterocycles. The molecule has 3 nitrogen and oxygen atoms in total. The van der Waals surface area contributed by atoms with Crippen molar-refractivity contribution in [2.75, 3.05) is 13.7 Å². The van der Waals surface area contributed by atoms with Crippen molar-refractivity contribution >= 4 is 6.29 Å². The number of rotatable bonds is 5. The van der Waals surface area contributed by atoms with Crippen molar-refractivity contribution in [1.29, 1.82) is 0 Å². The topological polar surface area (TPSA) is 35.5 Å². The number of aldehydes is 1. The first kappa shape index (κ1) is 10.7. The minimum atomic E-state index is -0.0121. The summed E-state index contributed by atoms with van der Waals surface area (Å²) in [7, 11) is 1.63. The third kappa shape index (κ3) is 3.18. The molecular weight excluding hydrogens is 180 g/mol. The number of methoxy groups -OCH3 is 1. The predicted octanol–water partition coefficient (Wildman–Crippen LogP) is 1.91. The Labute approximate surface area is 83.6 Å². The van der Waals surface area contributed by atoms with E-state index < -0.39 is 0 Å². The van der Waals surface area contributed by atoms with Gasteiger partial charge in [0, 0.05) is 12.7 Å². The van der Waals surface area contributed by atoms with Gasteiger partial charge < -0.3 is 9.47 Å². The van der Waals surface area contributed by atoms with Gasteiger partial charge in [-0.25, -0.2) is 0 Å². The normalized spacial score (nSPS) is 12.1. The lowest BCUT2D eigenvalue weighted by Crippen LogP contribution is -2.17. The zero-order valence-electron chi connectivity index (χ0n) is 8.40. The Morgan fingerprint density at radius 1 is 1.50 bits per heavy atom. The van der Waals surface area contributed by atoms with Crippen molar-refractivity contribution in [2.45, 2.75) is 13.0 Å². The lowest BCUT2D eigenvalue weighted by atomic mass is 10.2. The molecule has 1 atom stereocenters. The van der Waals surface area contributed by atoms with Crippen molar-refractivity contribution in [1.82, 2.24) is 0 Å². The van der Waals surface area contributed by atoms with E-state index >= 15 is 0 Å². The van der Waals surface area contributed by atoms with Gasteiger partial charge in [-0.2, -0.15) is 0 Å². The highest BCUT2D eigenvalue weighted by atomic mass is 16.5. The molecule has 1 aromatic rings. The molecule has 1 aromatic carbocycles. The Balaban J connectivity index is 2.61. The molecule has 0 heterocycles. The monoisotopic (exact) mass is 194 g/mol. The summed E-state index contributed by atoms with van der Waals surface area (Å²) < 4.78 is 10.5. The van der Waals surface area contributed by atoms with Crippen LogP contribution in [0.1, 0.15) is 17.3 Å². The fraction of sp³-hybridized carbons (Fsp3) is 0.364. The van der Waals surface area contributed by atoms with E-state index in [0.29, 0.717) is 17.9 Å². The first-order chi connectivity index (χ1) is 6.76. The summed E-state index contributed by atoms with van der Waals surface area (Å²) in [6.07, 6.45) is 0.787. The summed E-state index contributed by atoms with van der Waals surface area (Å²) in [5, 5.41) is 0. The molecule has 76 valence electrons. The van der Waals surface area contributed by atoms with Crippen LogP contribution in [0.5, 0.6) is 5.75 Å². The van der Waals surface area contributed by atoms with Gasteiger partial charge in [0.1, 0.15) is 18.1 Å². The van der Waals surface area contributed by atoms with Crippen LogP contribution in [0.15, 0.2) is 24.3 Å². The first-order valence-corrected chi connectivity index (χ1v) is 4.47. The molecule has 0 saturated heterocycles. The van der Waals surface area contributed by atoms with E-state index in [4.69, 9.17) is 9.47 Å². The van der Waals surface area contributed by atoms with Crippen LogP contribution in [0, 0.1) is 0 Å². The molecule has 0 aliphatic carbocycles. The Bertz CT molecular complexity index is 296. The van der Waals surface area contributed by atoms with Gasteiger partial charge in [-0.15, -0.1) is 0 Å². The van der Waals surface area contributed by atoms with Gasteiger partial charge in [0.15, 0.2) is 0 Å². The van der Waals surface area contributed by atoms with Crippen LogP contribution in [-0.2, 0) is 4.74 Å². The summed E-state index contributed by atoms with van der Waals surface area (Å²) in [4.78, 5) is 10.5. The highest BCUT2D eigenvalue weighted by Gasteiger charge is 2.03. The van der Waals surface area contributed by atoms with Gasteiger partial charge in [0.05, 0.1) is 6.61 Å². The second-order valence-corrected chi connectivity index (χ2v) is 3.07. The van der Waals surface area contributed by atoms with Crippen LogP contribution in [0.25, 0.3) is 0 Å².